The first-order chi connectivity index (χ1) is 16.5. The predicted octanol–water partition coefficient (Wildman–Crippen LogP) is 9.06. The molecule has 1 N–H and O–H groups in total. The van der Waals surface area contributed by atoms with Crippen LogP contribution in [-0.2, 0) is 4.74 Å². The van der Waals surface area contributed by atoms with Crippen LogP contribution in [0.15, 0.2) is 0 Å². The topological polar surface area (TPSA) is 29.5 Å². The van der Waals surface area contributed by atoms with Gasteiger partial charge in [-0.2, -0.15) is 0 Å². The largest absolute Gasteiger partial charge is 0.385 e. The summed E-state index contributed by atoms with van der Waals surface area (Å²) in [7, 11) is 4.51. The Bertz CT molecular complexity index is 386. The van der Waals surface area contributed by atoms with Gasteiger partial charge in [0.05, 0.1) is 27.2 Å². The van der Waals surface area contributed by atoms with Gasteiger partial charge in [-0.15, -0.1) is 0 Å². The van der Waals surface area contributed by atoms with Crippen LogP contribution in [0.2, 0.25) is 0 Å². The van der Waals surface area contributed by atoms with Crippen molar-refractivity contribution in [3.63, 3.8) is 0 Å². The Morgan fingerprint density at radius 2 is 0.882 bits per heavy atom. The van der Waals surface area contributed by atoms with Crippen molar-refractivity contribution in [1.82, 2.24) is 0 Å². The molecule has 206 valence electrons. The lowest BCUT2D eigenvalue weighted by atomic mass is 10.1. The van der Waals surface area contributed by atoms with Crippen LogP contribution in [0.1, 0.15) is 155 Å². The van der Waals surface area contributed by atoms with Gasteiger partial charge in [0.15, 0.2) is 0 Å². The van der Waals surface area contributed by atoms with Crippen LogP contribution in [0.5, 0.6) is 0 Å². The second kappa shape index (κ2) is 26.0. The van der Waals surface area contributed by atoms with Gasteiger partial charge in [-0.05, 0) is 19.3 Å². The Morgan fingerprint density at radius 3 is 1.29 bits per heavy atom. The van der Waals surface area contributed by atoms with Crippen LogP contribution < -0.4 is 0 Å². The highest BCUT2D eigenvalue weighted by molar-refractivity contribution is 4.54. The Kier molecular flexibility index (Phi) is 25.9. The molecule has 0 aliphatic carbocycles. The third-order valence-corrected chi connectivity index (χ3v) is 7.27. The zero-order chi connectivity index (χ0) is 25.2. The van der Waals surface area contributed by atoms with Crippen LogP contribution >= 0.6 is 0 Å². The van der Waals surface area contributed by atoms with E-state index >= 15 is 0 Å². The Balaban J connectivity index is 3.44. The summed E-state index contributed by atoms with van der Waals surface area (Å²) in [6.45, 7) is 7.83. The maximum Gasteiger partial charge on any atom is 0.126 e. The summed E-state index contributed by atoms with van der Waals surface area (Å²) < 4.78 is 6.67. The van der Waals surface area contributed by atoms with E-state index in [0.29, 0.717) is 6.61 Å². The van der Waals surface area contributed by atoms with E-state index in [-0.39, 0.29) is 6.10 Å². The van der Waals surface area contributed by atoms with E-state index in [1.165, 1.54) is 135 Å². The zero-order valence-corrected chi connectivity index (χ0v) is 24.3. The van der Waals surface area contributed by atoms with Crippen molar-refractivity contribution in [2.75, 3.05) is 40.4 Å². The van der Waals surface area contributed by atoms with Gasteiger partial charge in [0.2, 0.25) is 0 Å². The van der Waals surface area contributed by atoms with Gasteiger partial charge in [0.25, 0.3) is 0 Å². The average molecular weight is 485 g/mol. The first kappa shape index (κ1) is 33.9. The number of quaternary nitrogens is 1. The highest BCUT2D eigenvalue weighted by Gasteiger charge is 2.20. The average Bonchev–Trinajstić information content (AvgIpc) is 2.80. The fourth-order valence-corrected chi connectivity index (χ4v) is 5.01. The van der Waals surface area contributed by atoms with Gasteiger partial charge >= 0.3 is 0 Å². The van der Waals surface area contributed by atoms with E-state index in [1.807, 2.05) is 0 Å². The van der Waals surface area contributed by atoms with Gasteiger partial charge in [-0.1, -0.05) is 136 Å². The molecule has 3 nitrogen and oxygen atoms in total. The van der Waals surface area contributed by atoms with Crippen LogP contribution in [0.3, 0.4) is 0 Å². The number of rotatable bonds is 28. The molecule has 34 heavy (non-hydrogen) atoms. The Hall–Kier alpha value is -0.120. The number of nitrogens with zero attached hydrogens (tertiary/aromatic N) is 1. The summed E-state index contributed by atoms with van der Waals surface area (Å²) in [5.41, 5.74) is 0. The number of hydrogen-bond donors (Lipinski definition) is 1. The van der Waals surface area contributed by atoms with E-state index in [1.54, 1.807) is 0 Å². The Labute approximate surface area is 216 Å². The summed E-state index contributed by atoms with van der Waals surface area (Å²) in [5.74, 6) is 0. The number of aliphatic hydroxyl groups is 1. The van der Waals surface area contributed by atoms with Crippen LogP contribution in [0.25, 0.3) is 0 Å². The first-order valence-corrected chi connectivity index (χ1v) is 15.6. The molecule has 0 aromatic rings. The standard InChI is InChI=1S/C31H66NO2/c1-5-7-9-11-13-15-17-18-19-21-23-25-27-32(3,4)29-31(33)30-34-28-26-24-22-20-16-14-12-10-8-6-2/h31,33H,5-30H2,1-4H3/q+1. The van der Waals surface area contributed by atoms with E-state index in [2.05, 4.69) is 27.9 Å². The van der Waals surface area contributed by atoms with Gasteiger partial charge in [0.1, 0.15) is 12.6 Å². The van der Waals surface area contributed by atoms with Crippen LogP contribution in [0, 0.1) is 0 Å². The summed E-state index contributed by atoms with van der Waals surface area (Å²) in [5, 5.41) is 10.4. The second-order valence-electron chi connectivity index (χ2n) is 11.6. The lowest BCUT2D eigenvalue weighted by molar-refractivity contribution is -0.893. The molecule has 3 heteroatoms. The molecule has 1 unspecified atom stereocenters. The van der Waals surface area contributed by atoms with Crippen molar-refractivity contribution in [2.24, 2.45) is 0 Å². The van der Waals surface area contributed by atoms with Gasteiger partial charge in [-0.25, -0.2) is 0 Å². The van der Waals surface area contributed by atoms with Crippen molar-refractivity contribution >= 4 is 0 Å². The fourth-order valence-electron chi connectivity index (χ4n) is 5.01. The zero-order valence-electron chi connectivity index (χ0n) is 24.3. The third kappa shape index (κ3) is 26.5. The summed E-state index contributed by atoms with van der Waals surface area (Å²) >= 11 is 0. The maximum absolute atomic E-state index is 10.4. The number of unbranched alkanes of at least 4 members (excludes halogenated alkanes) is 20. The fraction of sp³-hybridized carbons (Fsp3) is 1.00. The summed E-state index contributed by atoms with van der Waals surface area (Å²) in [6.07, 6.45) is 29.9. The normalized spacial score (nSPS) is 13.0. The van der Waals surface area contributed by atoms with Crippen LogP contribution in [-0.4, -0.2) is 56.1 Å². The third-order valence-electron chi connectivity index (χ3n) is 7.27. The van der Waals surface area contributed by atoms with E-state index in [0.717, 1.165) is 30.6 Å². The number of ether oxygens (including phenoxy) is 1. The number of likely N-dealkylation sites (N-methyl/N-ethyl adjacent to an activating group) is 1. The van der Waals surface area contributed by atoms with E-state index in [4.69, 9.17) is 4.74 Å². The summed E-state index contributed by atoms with van der Waals surface area (Å²) in [6, 6.07) is 0. The molecular formula is C31H66NO2+. The monoisotopic (exact) mass is 485 g/mol. The van der Waals surface area contributed by atoms with Crippen molar-refractivity contribution in [1.29, 1.82) is 0 Å². The van der Waals surface area contributed by atoms with E-state index in [9.17, 15) is 5.11 Å². The quantitative estimate of drug-likeness (QED) is 0.0886. The Morgan fingerprint density at radius 1 is 0.529 bits per heavy atom. The first-order valence-electron chi connectivity index (χ1n) is 15.6. The van der Waals surface area contributed by atoms with E-state index < -0.39 is 0 Å². The molecule has 0 aliphatic heterocycles. The molecule has 0 radical (unpaired) electrons. The number of aliphatic hydroxyl groups excluding tert-OH is 1. The summed E-state index contributed by atoms with van der Waals surface area (Å²) in [4.78, 5) is 0. The molecule has 0 saturated heterocycles. The highest BCUT2D eigenvalue weighted by atomic mass is 16.5. The number of hydrogen-bond acceptors (Lipinski definition) is 2. The van der Waals surface area contributed by atoms with Gasteiger partial charge in [-0.3, -0.25) is 0 Å². The van der Waals surface area contributed by atoms with Crippen molar-refractivity contribution < 1.29 is 14.3 Å². The molecule has 0 spiro atoms. The smallest absolute Gasteiger partial charge is 0.126 e. The van der Waals surface area contributed by atoms with Crippen molar-refractivity contribution in [2.45, 2.75) is 161 Å². The second-order valence-corrected chi connectivity index (χ2v) is 11.6. The molecule has 0 aliphatic rings. The lowest BCUT2D eigenvalue weighted by Gasteiger charge is -2.32. The molecule has 0 aromatic carbocycles. The molecule has 1 atom stereocenters. The SMILES string of the molecule is CCCCCCCCCCCCCC[N+](C)(C)CC(O)COCCCCCCCCCCCC. The van der Waals surface area contributed by atoms with Crippen molar-refractivity contribution in [3.05, 3.63) is 0 Å². The minimum atomic E-state index is -0.338. The molecule has 0 saturated carbocycles. The highest BCUT2D eigenvalue weighted by Crippen LogP contribution is 2.13. The minimum absolute atomic E-state index is 0.338. The molecule has 0 rings (SSSR count). The van der Waals surface area contributed by atoms with Crippen LogP contribution in [0.4, 0.5) is 0 Å². The predicted molar refractivity (Wildman–Crippen MR) is 152 cm³/mol. The van der Waals surface area contributed by atoms with Gasteiger partial charge in [0, 0.05) is 6.61 Å². The maximum atomic E-state index is 10.4. The molecule has 0 heterocycles. The molecule has 0 bridgehead atoms. The molecule has 0 amide bonds. The molecule has 0 aromatic heterocycles. The minimum Gasteiger partial charge on any atom is -0.385 e. The lowest BCUT2D eigenvalue weighted by Crippen LogP contribution is -2.47. The molecule has 0 fully saturated rings. The van der Waals surface area contributed by atoms with Crippen molar-refractivity contribution in [3.8, 4) is 0 Å². The molecular weight excluding hydrogens is 418 g/mol. The van der Waals surface area contributed by atoms with Gasteiger partial charge < -0.3 is 14.3 Å².